The molecule has 0 spiro atoms. The van der Waals surface area contributed by atoms with E-state index in [9.17, 15) is 0 Å². The van der Waals surface area contributed by atoms with Crippen molar-refractivity contribution in [2.24, 2.45) is 0 Å². The fourth-order valence-electron chi connectivity index (χ4n) is 0.506. The van der Waals surface area contributed by atoms with E-state index in [0.717, 1.165) is 0 Å². The quantitative estimate of drug-likeness (QED) is 0.347. The summed E-state index contributed by atoms with van der Waals surface area (Å²) in [7, 11) is 0. The Morgan fingerprint density at radius 3 is 1.38 bits per heavy atom. The van der Waals surface area contributed by atoms with Crippen LogP contribution >= 0.6 is 38.7 Å². The number of aliphatic hydroxyl groups excluding tert-OH is 2. The van der Waals surface area contributed by atoms with Crippen LogP contribution in [0.3, 0.4) is 0 Å². The number of rotatable bonds is 7. The van der Waals surface area contributed by atoms with Gasteiger partial charge in [0.15, 0.2) is 0 Å². The van der Waals surface area contributed by atoms with Crippen molar-refractivity contribution in [2.45, 2.75) is 0 Å². The van der Waals surface area contributed by atoms with Crippen molar-refractivity contribution < 1.29 is 21.4 Å². The second kappa shape index (κ2) is 19.5. The maximum atomic E-state index is 8.30. The van der Waals surface area contributed by atoms with Crippen molar-refractivity contribution in [3.05, 3.63) is 10.6 Å². The van der Waals surface area contributed by atoms with Gasteiger partial charge in [-0.3, -0.25) is 0 Å². The van der Waals surface area contributed by atoms with E-state index in [1.165, 1.54) is 0 Å². The van der Waals surface area contributed by atoms with Gasteiger partial charge < -0.3 is 20.8 Å². The van der Waals surface area contributed by atoms with Gasteiger partial charge in [-0.2, -0.15) is 13.1 Å². The summed E-state index contributed by atoms with van der Waals surface area (Å²) in [5.41, 5.74) is 0. The first-order chi connectivity index (χ1) is 6.33. The van der Waals surface area contributed by atoms with Crippen LogP contribution in [0, 0.1) is 0 Å². The maximum absolute atomic E-state index is 8.30. The average Bonchev–Trinajstić information content (AvgIpc) is 2.13. The van der Waals surface area contributed by atoms with E-state index in [-0.39, 0.29) is 13.2 Å². The van der Waals surface area contributed by atoms with Gasteiger partial charge in [0.25, 0.3) is 0 Å². The van der Waals surface area contributed by atoms with Gasteiger partial charge in [-0.05, 0) is 0 Å². The van der Waals surface area contributed by atoms with E-state index < -0.39 is 0 Å². The zero-order valence-corrected chi connectivity index (χ0v) is 13.7. The summed E-state index contributed by atoms with van der Waals surface area (Å²) in [6.45, 7) is 2.52. The minimum atomic E-state index is 0.111. The van der Waals surface area contributed by atoms with Crippen LogP contribution < -0.4 is 0 Å². The molecule has 0 aromatic carbocycles. The van der Waals surface area contributed by atoms with Gasteiger partial charge in [0.1, 0.15) is 0 Å². The normalized spacial score (nSPS) is 9.54. The standard InChI is InChI=1S/C6H14N2O2.2HI.Pt/c9-5-3-7-1-2-8-4-6-10;;;/h9-10H,1-6H2;2*1H;/q-2;;;+4/p-2. The predicted octanol–water partition coefficient (Wildman–Crippen LogP) is 1.49. The Labute approximate surface area is 109 Å². The molecule has 0 atom stereocenters. The Hall–Kier alpha value is 1.99. The number of hydrogen-bond donors (Lipinski definition) is 2. The van der Waals surface area contributed by atoms with Crippen LogP contribution in [0.5, 0.6) is 0 Å². The molecule has 0 fully saturated rings. The Morgan fingerprint density at radius 2 is 1.15 bits per heavy atom. The molecule has 0 unspecified atom stereocenters. The van der Waals surface area contributed by atoms with Gasteiger partial charge in [0.05, 0.1) is 0 Å². The van der Waals surface area contributed by atoms with E-state index >= 15 is 0 Å². The molecule has 0 aromatic rings. The molecule has 13 heavy (non-hydrogen) atoms. The molecule has 0 saturated carbocycles. The van der Waals surface area contributed by atoms with Gasteiger partial charge in [0, 0.05) is 13.2 Å². The first-order valence-electron chi connectivity index (χ1n) is 3.64. The molecular formula is C6H14I2N2O2Pt. The predicted molar refractivity (Wildman–Crippen MR) is 68.4 cm³/mol. The number of aliphatic hydroxyl groups is 2. The Kier molecular flexibility index (Phi) is 26.1. The SMILES string of the molecule is OCC[N-]CC[N-]CCO.[I][Pt+2][I]. The number of nitrogens with zero attached hydrogens (tertiary/aromatic N) is 2. The summed E-state index contributed by atoms with van der Waals surface area (Å²) in [6.07, 6.45) is 0. The number of hydrogen-bond acceptors (Lipinski definition) is 2. The van der Waals surface area contributed by atoms with Crippen LogP contribution in [-0.2, 0) is 11.2 Å². The van der Waals surface area contributed by atoms with Gasteiger partial charge in [0.2, 0.25) is 0 Å². The first kappa shape index (κ1) is 17.4. The summed E-state index contributed by atoms with van der Waals surface area (Å²) in [6, 6.07) is 0. The molecule has 0 heterocycles. The first-order valence-corrected chi connectivity index (χ1v) is 16.5. The third-order valence-electron chi connectivity index (χ3n) is 0.932. The van der Waals surface area contributed by atoms with Crippen molar-refractivity contribution >= 4 is 38.7 Å². The molecule has 84 valence electrons. The molecule has 2 N–H and O–H groups in total. The van der Waals surface area contributed by atoms with Crippen molar-refractivity contribution in [1.29, 1.82) is 0 Å². The van der Waals surface area contributed by atoms with Crippen molar-refractivity contribution in [1.82, 2.24) is 0 Å². The second-order valence-electron chi connectivity index (χ2n) is 1.83. The molecule has 0 radical (unpaired) electrons. The molecule has 0 bridgehead atoms. The Balaban J connectivity index is 0. The van der Waals surface area contributed by atoms with Crippen LogP contribution in [-0.4, -0.2) is 49.6 Å². The molecule has 0 aromatic heterocycles. The molecule has 0 aliphatic heterocycles. The fourth-order valence-corrected chi connectivity index (χ4v) is 0.506. The molecular weight excluding hydrogens is 581 g/mol. The van der Waals surface area contributed by atoms with E-state index in [0.29, 0.717) is 37.4 Å². The second-order valence-corrected chi connectivity index (χ2v) is 18.4. The number of halogens is 2. The van der Waals surface area contributed by atoms with E-state index in [1.54, 1.807) is 0 Å². The molecule has 4 nitrogen and oxygen atoms in total. The van der Waals surface area contributed by atoms with Crippen molar-refractivity contribution in [2.75, 3.05) is 39.4 Å². The molecule has 0 aliphatic rings. The topological polar surface area (TPSA) is 68.7 Å². The monoisotopic (exact) mass is 595 g/mol. The Morgan fingerprint density at radius 1 is 0.846 bits per heavy atom. The Bertz CT molecular complexity index is 75.7. The van der Waals surface area contributed by atoms with Crippen LogP contribution in [0.2, 0.25) is 0 Å². The zero-order valence-electron chi connectivity index (χ0n) is 7.10. The third-order valence-corrected chi connectivity index (χ3v) is 0.932. The van der Waals surface area contributed by atoms with Crippen LogP contribution in [0.15, 0.2) is 0 Å². The van der Waals surface area contributed by atoms with Crippen molar-refractivity contribution in [3.63, 3.8) is 0 Å². The summed E-state index contributed by atoms with van der Waals surface area (Å²) in [5, 5.41) is 24.5. The molecule has 0 saturated heterocycles. The van der Waals surface area contributed by atoms with Gasteiger partial charge >= 0.3 is 49.9 Å². The minimum absolute atomic E-state index is 0.111. The molecule has 0 amide bonds. The van der Waals surface area contributed by atoms with Crippen LogP contribution in [0.1, 0.15) is 0 Å². The van der Waals surface area contributed by atoms with Crippen molar-refractivity contribution in [3.8, 4) is 0 Å². The summed E-state index contributed by atoms with van der Waals surface area (Å²) < 4.78 is 0. The summed E-state index contributed by atoms with van der Waals surface area (Å²) in [5.74, 6) is 0. The molecule has 7 heteroatoms. The van der Waals surface area contributed by atoms with E-state index in [4.69, 9.17) is 10.2 Å². The average molecular weight is 595 g/mol. The zero-order chi connectivity index (χ0) is 10.4. The van der Waals surface area contributed by atoms with Gasteiger partial charge in [-0.25, -0.2) is 0 Å². The summed E-state index contributed by atoms with van der Waals surface area (Å²) >= 11 is 5.30. The van der Waals surface area contributed by atoms with Gasteiger partial charge in [-0.1, -0.05) is 0 Å². The molecule has 0 rings (SSSR count). The summed E-state index contributed by atoms with van der Waals surface area (Å²) in [4.78, 5) is 0. The van der Waals surface area contributed by atoms with E-state index in [2.05, 4.69) is 49.3 Å². The fraction of sp³-hybridized carbons (Fsp3) is 1.00. The third kappa shape index (κ3) is 24.9. The van der Waals surface area contributed by atoms with Gasteiger partial charge in [-0.15, -0.1) is 13.1 Å². The molecule has 0 aliphatic carbocycles. The van der Waals surface area contributed by atoms with Crippen LogP contribution in [0.25, 0.3) is 10.6 Å². The van der Waals surface area contributed by atoms with Crippen LogP contribution in [0.4, 0.5) is 0 Å². The van der Waals surface area contributed by atoms with E-state index in [1.807, 2.05) is 0 Å².